The molecule has 1 saturated heterocycles. The van der Waals surface area contributed by atoms with E-state index >= 15 is 0 Å². The molecule has 1 aromatic carbocycles. The van der Waals surface area contributed by atoms with Gasteiger partial charge >= 0.3 is 0 Å². The van der Waals surface area contributed by atoms with E-state index in [4.69, 9.17) is 0 Å². The summed E-state index contributed by atoms with van der Waals surface area (Å²) in [6.07, 6.45) is 2.76. The van der Waals surface area contributed by atoms with Crippen molar-refractivity contribution < 1.29 is 17.6 Å². The molecule has 1 amide bonds. The Morgan fingerprint density at radius 1 is 1.43 bits per heavy atom. The Hall–Kier alpha value is -1.08. The fourth-order valence-corrected chi connectivity index (χ4v) is 4.72. The lowest BCUT2D eigenvalue weighted by atomic mass is 10.1. The van der Waals surface area contributed by atoms with E-state index < -0.39 is 9.84 Å². The van der Waals surface area contributed by atoms with Gasteiger partial charge in [0.1, 0.15) is 15.7 Å². The minimum atomic E-state index is -3.01. The van der Waals surface area contributed by atoms with Crippen LogP contribution in [0.15, 0.2) is 24.3 Å². The Bertz CT molecular complexity index is 618. The molecule has 1 unspecified atom stereocenters. The van der Waals surface area contributed by atoms with Gasteiger partial charge in [-0.2, -0.15) is 0 Å². The van der Waals surface area contributed by atoms with Crippen LogP contribution in [0.25, 0.3) is 0 Å². The largest absolute Gasteiger partial charge is 0.311 e. The van der Waals surface area contributed by atoms with Crippen molar-refractivity contribution in [3.8, 4) is 0 Å². The normalized spacial score (nSPS) is 19.8. The summed E-state index contributed by atoms with van der Waals surface area (Å²) in [5.41, 5.74) is 0.563. The van der Waals surface area contributed by atoms with E-state index in [2.05, 4.69) is 0 Å². The number of nitrogens with zero attached hydrogens (tertiary/aromatic N) is 1. The number of thioether (sulfide) groups is 1. The molecule has 116 valence electrons. The second-order valence-corrected chi connectivity index (χ2v) is 8.67. The van der Waals surface area contributed by atoms with Crippen LogP contribution in [-0.4, -0.2) is 43.9 Å². The summed E-state index contributed by atoms with van der Waals surface area (Å²) in [5, 5.41) is -0.247. The number of sulfone groups is 1. The van der Waals surface area contributed by atoms with Crippen LogP contribution < -0.4 is 4.90 Å². The van der Waals surface area contributed by atoms with Gasteiger partial charge in [0, 0.05) is 24.2 Å². The highest BCUT2D eigenvalue weighted by Gasteiger charge is 2.30. The zero-order valence-corrected chi connectivity index (χ0v) is 13.4. The van der Waals surface area contributed by atoms with Gasteiger partial charge in [0.25, 0.3) is 0 Å². The third kappa shape index (κ3) is 4.71. The van der Waals surface area contributed by atoms with Crippen LogP contribution in [0.3, 0.4) is 0 Å². The lowest BCUT2D eigenvalue weighted by molar-refractivity contribution is -0.119. The maximum Gasteiger partial charge on any atom is 0.240 e. The van der Waals surface area contributed by atoms with Crippen molar-refractivity contribution in [1.82, 2.24) is 0 Å². The number of piperidine rings is 1. The van der Waals surface area contributed by atoms with Crippen LogP contribution >= 0.6 is 11.8 Å². The van der Waals surface area contributed by atoms with Gasteiger partial charge in [-0.05, 0) is 31.0 Å². The molecular formula is C14H18FNO3S2. The third-order valence-corrected chi connectivity index (χ3v) is 5.77. The minimum Gasteiger partial charge on any atom is -0.311 e. The Kier molecular flexibility index (Phi) is 5.27. The van der Waals surface area contributed by atoms with Gasteiger partial charge in [0.2, 0.25) is 5.91 Å². The van der Waals surface area contributed by atoms with Gasteiger partial charge in [-0.1, -0.05) is 6.07 Å². The molecule has 0 radical (unpaired) electrons. The van der Waals surface area contributed by atoms with E-state index in [1.807, 2.05) is 0 Å². The van der Waals surface area contributed by atoms with E-state index in [1.54, 1.807) is 17.0 Å². The van der Waals surface area contributed by atoms with Crippen LogP contribution in [-0.2, 0) is 14.6 Å². The highest BCUT2D eigenvalue weighted by Crippen LogP contribution is 2.28. The molecule has 2 rings (SSSR count). The van der Waals surface area contributed by atoms with Crippen molar-refractivity contribution in [3.63, 3.8) is 0 Å². The fraction of sp³-hybridized carbons (Fsp3) is 0.500. The Balaban J connectivity index is 2.01. The summed E-state index contributed by atoms with van der Waals surface area (Å²) in [4.78, 5) is 14.0. The quantitative estimate of drug-likeness (QED) is 0.829. The van der Waals surface area contributed by atoms with Crippen molar-refractivity contribution >= 4 is 33.2 Å². The van der Waals surface area contributed by atoms with Crippen molar-refractivity contribution in [3.05, 3.63) is 30.1 Å². The molecule has 21 heavy (non-hydrogen) atoms. The SMILES string of the molecule is CS(=O)(=O)CCSC1CCCN(c2cccc(F)c2)C1=O. The molecule has 1 heterocycles. The van der Waals surface area contributed by atoms with Gasteiger partial charge in [0.05, 0.1) is 11.0 Å². The minimum absolute atomic E-state index is 0.0645. The lowest BCUT2D eigenvalue weighted by Crippen LogP contribution is -2.43. The molecule has 0 spiro atoms. The number of benzene rings is 1. The number of anilines is 1. The third-order valence-electron chi connectivity index (χ3n) is 3.28. The van der Waals surface area contributed by atoms with Crippen molar-refractivity contribution in [2.75, 3.05) is 29.2 Å². The molecular weight excluding hydrogens is 313 g/mol. The Morgan fingerprint density at radius 3 is 2.86 bits per heavy atom. The van der Waals surface area contributed by atoms with Gasteiger partial charge in [0.15, 0.2) is 0 Å². The smallest absolute Gasteiger partial charge is 0.240 e. The van der Waals surface area contributed by atoms with E-state index in [9.17, 15) is 17.6 Å². The summed E-state index contributed by atoms with van der Waals surface area (Å²) in [6.45, 7) is 0.575. The van der Waals surface area contributed by atoms with Crippen LogP contribution in [0, 0.1) is 5.82 Å². The molecule has 4 nitrogen and oxygen atoms in total. The first-order chi connectivity index (χ1) is 9.87. The number of rotatable bonds is 5. The van der Waals surface area contributed by atoms with E-state index in [1.165, 1.54) is 30.2 Å². The molecule has 0 saturated carbocycles. The van der Waals surface area contributed by atoms with Gasteiger partial charge < -0.3 is 4.90 Å². The first-order valence-electron chi connectivity index (χ1n) is 6.73. The van der Waals surface area contributed by atoms with Gasteiger partial charge in [-0.3, -0.25) is 4.79 Å². The van der Waals surface area contributed by atoms with Gasteiger partial charge in [-0.25, -0.2) is 12.8 Å². The molecule has 1 atom stereocenters. The predicted octanol–water partition coefficient (Wildman–Crippen LogP) is 2.10. The molecule has 0 bridgehead atoms. The second kappa shape index (κ2) is 6.79. The molecule has 1 fully saturated rings. The molecule has 1 aliphatic rings. The first kappa shape index (κ1) is 16.3. The van der Waals surface area contributed by atoms with E-state index in [-0.39, 0.29) is 22.7 Å². The van der Waals surface area contributed by atoms with E-state index in [0.29, 0.717) is 18.0 Å². The molecule has 7 heteroatoms. The Morgan fingerprint density at radius 2 is 2.19 bits per heavy atom. The Labute approximate surface area is 128 Å². The summed E-state index contributed by atoms with van der Waals surface area (Å²) >= 11 is 1.37. The maximum absolute atomic E-state index is 13.3. The van der Waals surface area contributed by atoms with Crippen molar-refractivity contribution in [2.24, 2.45) is 0 Å². The molecule has 1 aromatic rings. The summed E-state index contributed by atoms with van der Waals surface area (Å²) in [5.74, 6) is 0.0469. The van der Waals surface area contributed by atoms with E-state index in [0.717, 1.165) is 12.8 Å². The number of halogens is 1. The number of hydrogen-bond donors (Lipinski definition) is 0. The van der Waals surface area contributed by atoms with Crippen LogP contribution in [0.5, 0.6) is 0 Å². The number of carbonyl (C=O) groups is 1. The summed E-state index contributed by atoms with van der Waals surface area (Å²) < 4.78 is 35.5. The van der Waals surface area contributed by atoms with Crippen molar-refractivity contribution in [2.45, 2.75) is 18.1 Å². The van der Waals surface area contributed by atoms with Gasteiger partial charge in [-0.15, -0.1) is 11.8 Å². The second-order valence-electron chi connectivity index (χ2n) is 5.10. The molecule has 0 N–H and O–H groups in total. The lowest BCUT2D eigenvalue weighted by Gasteiger charge is -2.32. The zero-order valence-electron chi connectivity index (χ0n) is 11.8. The average Bonchev–Trinajstić information content (AvgIpc) is 2.39. The molecule has 0 aromatic heterocycles. The molecule has 0 aliphatic carbocycles. The highest BCUT2D eigenvalue weighted by atomic mass is 32.2. The zero-order chi connectivity index (χ0) is 15.5. The first-order valence-corrected chi connectivity index (χ1v) is 9.84. The number of amides is 1. The standard InChI is InChI=1S/C14H18FNO3S2/c1-21(18,19)9-8-20-13-6-3-7-16(14(13)17)12-5-2-4-11(15)10-12/h2,4-5,10,13H,3,6-9H2,1H3. The van der Waals surface area contributed by atoms with Crippen LogP contribution in [0.1, 0.15) is 12.8 Å². The fourth-order valence-electron chi connectivity index (χ4n) is 2.24. The monoisotopic (exact) mass is 331 g/mol. The highest BCUT2D eigenvalue weighted by molar-refractivity contribution is 8.01. The predicted molar refractivity (Wildman–Crippen MR) is 83.9 cm³/mol. The average molecular weight is 331 g/mol. The summed E-state index contributed by atoms with van der Waals surface area (Å²) in [7, 11) is -3.01. The van der Waals surface area contributed by atoms with Crippen LogP contribution in [0.4, 0.5) is 10.1 Å². The van der Waals surface area contributed by atoms with Crippen molar-refractivity contribution in [1.29, 1.82) is 0 Å². The van der Waals surface area contributed by atoms with Crippen LogP contribution in [0.2, 0.25) is 0 Å². The number of carbonyl (C=O) groups excluding carboxylic acids is 1. The maximum atomic E-state index is 13.3. The summed E-state index contributed by atoms with van der Waals surface area (Å²) in [6, 6.07) is 5.99. The number of hydrogen-bond acceptors (Lipinski definition) is 4. The molecule has 1 aliphatic heterocycles. The topological polar surface area (TPSA) is 54.5 Å².